The molecule has 1 aliphatic heterocycles. The molecule has 0 aliphatic carbocycles. The topological polar surface area (TPSA) is 20.3 Å². The number of amides is 1. The first-order valence-corrected chi connectivity index (χ1v) is 8.74. The lowest BCUT2D eigenvalue weighted by molar-refractivity contribution is 0.0702. The van der Waals surface area contributed by atoms with Gasteiger partial charge in [-0.25, -0.2) is 0 Å². The van der Waals surface area contributed by atoms with E-state index in [4.69, 9.17) is 11.6 Å². The molecule has 1 amide bonds. The Bertz CT molecular complexity index is 467. The van der Waals surface area contributed by atoms with E-state index in [0.29, 0.717) is 10.6 Å². The highest BCUT2D eigenvalue weighted by atomic mass is 79.9. The molecular formula is C14H16Br2ClNO. The third-order valence-corrected chi connectivity index (χ3v) is 5.05. The minimum atomic E-state index is 0.0395. The van der Waals surface area contributed by atoms with Crippen LogP contribution in [0.4, 0.5) is 0 Å². The molecule has 1 unspecified atom stereocenters. The largest absolute Gasteiger partial charge is 0.335 e. The molecule has 0 saturated carbocycles. The molecule has 0 spiro atoms. The number of benzene rings is 1. The van der Waals surface area contributed by atoms with Gasteiger partial charge in [-0.15, -0.1) is 0 Å². The molecule has 1 saturated heterocycles. The number of halogens is 3. The molecule has 19 heavy (non-hydrogen) atoms. The first-order valence-electron chi connectivity index (χ1n) is 6.45. The summed E-state index contributed by atoms with van der Waals surface area (Å²) in [6, 6.07) is 5.69. The van der Waals surface area contributed by atoms with Crippen molar-refractivity contribution in [3.63, 3.8) is 0 Å². The van der Waals surface area contributed by atoms with Gasteiger partial charge in [0.1, 0.15) is 0 Å². The fourth-order valence-corrected chi connectivity index (χ4v) is 3.65. The van der Waals surface area contributed by atoms with Crippen LogP contribution in [0, 0.1) is 0 Å². The highest BCUT2D eigenvalue weighted by Crippen LogP contribution is 2.26. The maximum absolute atomic E-state index is 12.7. The summed E-state index contributed by atoms with van der Waals surface area (Å²) in [5.74, 6) is 0.0395. The molecule has 1 aromatic rings. The number of carbonyl (C=O) groups is 1. The lowest BCUT2D eigenvalue weighted by atomic mass is 10.1. The number of rotatable bonds is 2. The molecule has 0 radical (unpaired) electrons. The zero-order valence-electron chi connectivity index (χ0n) is 10.5. The molecule has 1 aromatic carbocycles. The van der Waals surface area contributed by atoms with Crippen molar-refractivity contribution in [2.45, 2.75) is 31.7 Å². The quantitative estimate of drug-likeness (QED) is 0.638. The Labute approximate surface area is 135 Å². The minimum Gasteiger partial charge on any atom is -0.335 e. The van der Waals surface area contributed by atoms with E-state index in [2.05, 4.69) is 31.9 Å². The van der Waals surface area contributed by atoms with E-state index >= 15 is 0 Å². The van der Waals surface area contributed by atoms with Gasteiger partial charge in [-0.1, -0.05) is 56.3 Å². The molecule has 2 nitrogen and oxygen atoms in total. The van der Waals surface area contributed by atoms with Crippen molar-refractivity contribution in [2.75, 3.05) is 11.9 Å². The average Bonchev–Trinajstić information content (AvgIpc) is 2.65. The van der Waals surface area contributed by atoms with Crippen molar-refractivity contribution in [2.24, 2.45) is 0 Å². The lowest BCUT2D eigenvalue weighted by Gasteiger charge is -2.29. The van der Waals surface area contributed by atoms with Gasteiger partial charge in [0, 0.05) is 22.4 Å². The Morgan fingerprint density at radius 3 is 2.89 bits per heavy atom. The van der Waals surface area contributed by atoms with Crippen LogP contribution in [0.5, 0.6) is 0 Å². The Balaban J connectivity index is 2.27. The Kier molecular flexibility index (Phi) is 5.72. The molecule has 5 heteroatoms. The maximum atomic E-state index is 12.7. The number of hydrogen-bond acceptors (Lipinski definition) is 1. The molecule has 1 atom stereocenters. The highest BCUT2D eigenvalue weighted by molar-refractivity contribution is 9.10. The lowest BCUT2D eigenvalue weighted by Crippen LogP contribution is -2.41. The van der Waals surface area contributed by atoms with Crippen LogP contribution in [0.3, 0.4) is 0 Å². The smallest absolute Gasteiger partial charge is 0.255 e. The van der Waals surface area contributed by atoms with E-state index < -0.39 is 0 Å². The third-order valence-electron chi connectivity index (χ3n) is 3.47. The molecule has 1 fully saturated rings. The van der Waals surface area contributed by atoms with E-state index in [1.54, 1.807) is 12.1 Å². The molecule has 0 bridgehead atoms. The first-order chi connectivity index (χ1) is 9.13. The van der Waals surface area contributed by atoms with Gasteiger partial charge < -0.3 is 4.90 Å². The van der Waals surface area contributed by atoms with Crippen LogP contribution < -0.4 is 0 Å². The fourth-order valence-electron chi connectivity index (χ4n) is 2.42. The second-order valence-corrected chi connectivity index (χ2v) is 6.75. The standard InChI is InChI=1S/C14H16Br2ClNO/c15-9-11-4-2-1-3-7-18(11)14(19)12-8-10(16)5-6-13(12)17/h5-6,8,11H,1-4,7,9H2. The van der Waals surface area contributed by atoms with Gasteiger partial charge in [0.25, 0.3) is 5.91 Å². The summed E-state index contributed by atoms with van der Waals surface area (Å²) in [4.78, 5) is 14.7. The SMILES string of the molecule is O=C(c1cc(Br)ccc1Cl)N1CCCCCC1CBr. The van der Waals surface area contributed by atoms with Gasteiger partial charge in [-0.05, 0) is 31.0 Å². The van der Waals surface area contributed by atoms with E-state index in [0.717, 1.165) is 29.2 Å². The summed E-state index contributed by atoms with van der Waals surface area (Å²) in [6.45, 7) is 0.817. The average molecular weight is 410 g/mol. The number of carbonyl (C=O) groups excluding carboxylic acids is 1. The van der Waals surface area contributed by atoms with Gasteiger partial charge in [0.15, 0.2) is 0 Å². The zero-order valence-corrected chi connectivity index (χ0v) is 14.5. The first kappa shape index (κ1) is 15.3. The molecule has 1 aliphatic rings. The highest BCUT2D eigenvalue weighted by Gasteiger charge is 2.26. The Morgan fingerprint density at radius 2 is 2.16 bits per heavy atom. The van der Waals surface area contributed by atoms with Crippen LogP contribution in [0.25, 0.3) is 0 Å². The summed E-state index contributed by atoms with van der Waals surface area (Å²) >= 11 is 13.1. The maximum Gasteiger partial charge on any atom is 0.255 e. The third kappa shape index (κ3) is 3.73. The molecule has 1 heterocycles. The summed E-state index contributed by atoms with van der Waals surface area (Å²) in [5.41, 5.74) is 0.587. The van der Waals surface area contributed by atoms with Gasteiger partial charge >= 0.3 is 0 Å². The van der Waals surface area contributed by atoms with E-state index in [9.17, 15) is 4.79 Å². The van der Waals surface area contributed by atoms with Crippen LogP contribution >= 0.6 is 43.5 Å². The monoisotopic (exact) mass is 407 g/mol. The van der Waals surface area contributed by atoms with Gasteiger partial charge in [0.2, 0.25) is 0 Å². The van der Waals surface area contributed by atoms with Gasteiger partial charge in [0.05, 0.1) is 10.6 Å². The van der Waals surface area contributed by atoms with Crippen LogP contribution in [0.2, 0.25) is 5.02 Å². The van der Waals surface area contributed by atoms with Gasteiger partial charge in [-0.2, -0.15) is 0 Å². The second kappa shape index (κ2) is 7.09. The second-order valence-electron chi connectivity index (χ2n) is 4.78. The number of hydrogen-bond donors (Lipinski definition) is 0. The summed E-state index contributed by atoms with van der Waals surface area (Å²) in [6.07, 6.45) is 4.51. The van der Waals surface area contributed by atoms with Crippen LogP contribution in [0.15, 0.2) is 22.7 Å². The molecule has 0 N–H and O–H groups in total. The number of likely N-dealkylation sites (tertiary alicyclic amines) is 1. The van der Waals surface area contributed by atoms with Crippen molar-refractivity contribution in [1.82, 2.24) is 4.90 Å². The van der Waals surface area contributed by atoms with Crippen molar-refractivity contribution in [1.29, 1.82) is 0 Å². The molecule has 104 valence electrons. The number of alkyl halides is 1. The summed E-state index contributed by atoms with van der Waals surface area (Å²) < 4.78 is 0.880. The van der Waals surface area contributed by atoms with Crippen LogP contribution in [0.1, 0.15) is 36.0 Å². The van der Waals surface area contributed by atoms with Crippen molar-refractivity contribution >= 4 is 49.4 Å². The van der Waals surface area contributed by atoms with Crippen LogP contribution in [-0.2, 0) is 0 Å². The fraction of sp³-hybridized carbons (Fsp3) is 0.500. The predicted molar refractivity (Wildman–Crippen MR) is 86.2 cm³/mol. The Hall–Kier alpha value is -0.0600. The number of nitrogens with zero attached hydrogens (tertiary/aromatic N) is 1. The molecule has 0 aromatic heterocycles. The zero-order chi connectivity index (χ0) is 13.8. The van der Waals surface area contributed by atoms with Crippen molar-refractivity contribution in [3.8, 4) is 0 Å². The Morgan fingerprint density at radius 1 is 1.37 bits per heavy atom. The summed E-state index contributed by atoms with van der Waals surface area (Å²) in [7, 11) is 0. The van der Waals surface area contributed by atoms with E-state index in [1.165, 1.54) is 12.8 Å². The minimum absolute atomic E-state index is 0.0395. The molecular weight excluding hydrogens is 393 g/mol. The van der Waals surface area contributed by atoms with Crippen molar-refractivity contribution < 1.29 is 4.79 Å². The molecule has 2 rings (SSSR count). The normalized spacial score (nSPS) is 20.2. The van der Waals surface area contributed by atoms with Gasteiger partial charge in [-0.3, -0.25) is 4.79 Å². The van der Waals surface area contributed by atoms with Crippen LogP contribution in [-0.4, -0.2) is 28.7 Å². The summed E-state index contributed by atoms with van der Waals surface area (Å²) in [5, 5.41) is 1.34. The van der Waals surface area contributed by atoms with E-state index in [1.807, 2.05) is 11.0 Å². The predicted octanol–water partition coefficient (Wildman–Crippen LogP) is 4.88. The van der Waals surface area contributed by atoms with E-state index in [-0.39, 0.29) is 11.9 Å². The van der Waals surface area contributed by atoms with Crippen molar-refractivity contribution in [3.05, 3.63) is 33.3 Å².